The average Bonchev–Trinajstić information content (AvgIpc) is 2.71. The van der Waals surface area contributed by atoms with E-state index >= 15 is 0 Å². The van der Waals surface area contributed by atoms with Gasteiger partial charge in [-0.25, -0.2) is 4.79 Å². The highest BCUT2D eigenvalue weighted by molar-refractivity contribution is 9.10. The fraction of sp³-hybridized carbons (Fsp3) is 0.550. The van der Waals surface area contributed by atoms with Gasteiger partial charge in [-0.15, -0.1) is 0 Å². The third-order valence-corrected chi connectivity index (χ3v) is 6.05. The van der Waals surface area contributed by atoms with Crippen LogP contribution in [0, 0.1) is 0 Å². The minimum Gasteiger partial charge on any atom is -0.450 e. The number of halogens is 1. The van der Waals surface area contributed by atoms with E-state index in [0.29, 0.717) is 49.0 Å². The van der Waals surface area contributed by atoms with Gasteiger partial charge >= 0.3 is 6.09 Å². The number of nitrogens with zero attached hydrogens (tertiary/aromatic N) is 1. The molecule has 7 nitrogen and oxygen atoms in total. The highest BCUT2D eigenvalue weighted by atomic mass is 79.9. The van der Waals surface area contributed by atoms with E-state index in [9.17, 15) is 14.4 Å². The Bertz CT molecular complexity index is 711. The Hall–Kier alpha value is -1.74. The Balaban J connectivity index is 1.93. The van der Waals surface area contributed by atoms with Gasteiger partial charge in [0.1, 0.15) is 6.04 Å². The van der Waals surface area contributed by atoms with Crippen molar-refractivity contribution in [2.45, 2.75) is 38.3 Å². The molecule has 1 saturated heterocycles. The van der Waals surface area contributed by atoms with Crippen LogP contribution in [0.2, 0.25) is 0 Å². The molecule has 0 aromatic heterocycles. The summed E-state index contributed by atoms with van der Waals surface area (Å²) < 4.78 is 5.71. The topological polar surface area (TPSA) is 87.7 Å². The van der Waals surface area contributed by atoms with Gasteiger partial charge in [-0.2, -0.15) is 11.8 Å². The Labute approximate surface area is 184 Å². The smallest absolute Gasteiger partial charge is 0.409 e. The van der Waals surface area contributed by atoms with Crippen molar-refractivity contribution in [2.24, 2.45) is 0 Å². The zero-order chi connectivity index (χ0) is 21.2. The van der Waals surface area contributed by atoms with Crippen molar-refractivity contribution in [1.29, 1.82) is 0 Å². The Kier molecular flexibility index (Phi) is 9.80. The standard InChI is InChI=1S/C20H28BrN3O4S/c1-3-28-20(27)24-11-8-14(9-12-24)22-19(26)17(10-13-29-2)23-18(25)15-6-4-5-7-16(15)21/h4-7,14,17H,3,8-13H2,1-2H3,(H,22,26)(H,23,25). The number of thioether (sulfide) groups is 1. The molecule has 0 radical (unpaired) electrons. The SMILES string of the molecule is CCOC(=O)N1CCC(NC(=O)C(CCSC)NC(=O)c2ccccc2Br)CC1. The molecule has 1 aliphatic heterocycles. The van der Waals surface area contributed by atoms with Crippen molar-refractivity contribution in [3.05, 3.63) is 34.3 Å². The second-order valence-corrected chi connectivity index (χ2v) is 8.60. The molecule has 9 heteroatoms. The molecule has 0 spiro atoms. The number of benzene rings is 1. The van der Waals surface area contributed by atoms with Crippen LogP contribution in [0.3, 0.4) is 0 Å². The molecule has 1 aromatic rings. The summed E-state index contributed by atoms with van der Waals surface area (Å²) in [5, 5.41) is 5.90. The molecule has 1 aliphatic rings. The first-order valence-corrected chi connectivity index (χ1v) is 11.9. The molecule has 1 atom stereocenters. The van der Waals surface area contributed by atoms with Gasteiger partial charge in [0.2, 0.25) is 5.91 Å². The number of piperidine rings is 1. The Morgan fingerprint density at radius 1 is 1.28 bits per heavy atom. The van der Waals surface area contributed by atoms with Gasteiger partial charge in [0, 0.05) is 23.6 Å². The lowest BCUT2D eigenvalue weighted by atomic mass is 10.0. The molecular formula is C20H28BrN3O4S. The third-order valence-electron chi connectivity index (χ3n) is 4.72. The van der Waals surface area contributed by atoms with E-state index in [2.05, 4.69) is 26.6 Å². The maximum absolute atomic E-state index is 12.8. The number of hydrogen-bond acceptors (Lipinski definition) is 5. The number of hydrogen-bond donors (Lipinski definition) is 2. The molecule has 1 heterocycles. The van der Waals surface area contributed by atoms with E-state index in [1.165, 1.54) is 0 Å². The van der Waals surface area contributed by atoms with Crippen LogP contribution in [0.25, 0.3) is 0 Å². The summed E-state index contributed by atoms with van der Waals surface area (Å²) in [6.45, 7) is 3.22. The van der Waals surface area contributed by atoms with E-state index in [0.717, 1.165) is 5.75 Å². The van der Waals surface area contributed by atoms with Gasteiger partial charge in [-0.1, -0.05) is 12.1 Å². The molecule has 2 N–H and O–H groups in total. The summed E-state index contributed by atoms with van der Waals surface area (Å²) in [5.74, 6) is 0.292. The van der Waals surface area contributed by atoms with E-state index in [-0.39, 0.29) is 23.9 Å². The highest BCUT2D eigenvalue weighted by Gasteiger charge is 2.28. The molecular weight excluding hydrogens is 458 g/mol. The van der Waals surface area contributed by atoms with Crippen molar-refractivity contribution in [3.63, 3.8) is 0 Å². The minimum atomic E-state index is -0.606. The molecule has 0 bridgehead atoms. The van der Waals surface area contributed by atoms with Crippen LogP contribution in [0.5, 0.6) is 0 Å². The largest absolute Gasteiger partial charge is 0.450 e. The van der Waals surface area contributed by atoms with Crippen LogP contribution < -0.4 is 10.6 Å². The third kappa shape index (κ3) is 7.22. The zero-order valence-electron chi connectivity index (χ0n) is 16.8. The number of ether oxygens (including phenoxy) is 1. The van der Waals surface area contributed by atoms with Crippen molar-refractivity contribution in [3.8, 4) is 0 Å². The maximum atomic E-state index is 12.8. The van der Waals surface area contributed by atoms with E-state index in [1.54, 1.807) is 41.8 Å². The van der Waals surface area contributed by atoms with Crippen LogP contribution >= 0.6 is 27.7 Å². The monoisotopic (exact) mass is 485 g/mol. The van der Waals surface area contributed by atoms with E-state index in [4.69, 9.17) is 4.74 Å². The highest BCUT2D eigenvalue weighted by Crippen LogP contribution is 2.17. The summed E-state index contributed by atoms with van der Waals surface area (Å²) in [6, 6.07) is 6.50. The Morgan fingerprint density at radius 3 is 2.59 bits per heavy atom. The van der Waals surface area contributed by atoms with Crippen LogP contribution in [0.1, 0.15) is 36.5 Å². The zero-order valence-corrected chi connectivity index (χ0v) is 19.2. The minimum absolute atomic E-state index is 0.0229. The van der Waals surface area contributed by atoms with Gasteiger partial charge < -0.3 is 20.3 Å². The van der Waals surface area contributed by atoms with Crippen molar-refractivity contribution in [1.82, 2.24) is 15.5 Å². The Morgan fingerprint density at radius 2 is 1.97 bits per heavy atom. The number of carbonyl (C=O) groups excluding carboxylic acids is 3. The van der Waals surface area contributed by atoms with Crippen LogP contribution in [-0.4, -0.2) is 66.6 Å². The lowest BCUT2D eigenvalue weighted by Gasteiger charge is -2.32. The van der Waals surface area contributed by atoms with Gasteiger partial charge in [-0.05, 0) is 66.3 Å². The first-order valence-electron chi connectivity index (χ1n) is 9.72. The molecule has 3 amide bonds. The first-order chi connectivity index (χ1) is 14.0. The van der Waals surface area contributed by atoms with Crippen LogP contribution in [-0.2, 0) is 9.53 Å². The molecule has 0 aliphatic carbocycles. The van der Waals surface area contributed by atoms with Gasteiger partial charge in [0.15, 0.2) is 0 Å². The summed E-state index contributed by atoms with van der Waals surface area (Å²) in [4.78, 5) is 38.9. The van der Waals surface area contributed by atoms with E-state index in [1.807, 2.05) is 12.3 Å². The van der Waals surface area contributed by atoms with Crippen LogP contribution in [0.4, 0.5) is 4.79 Å². The predicted octanol–water partition coefficient (Wildman–Crippen LogP) is 3.04. The van der Waals surface area contributed by atoms with E-state index < -0.39 is 6.04 Å². The molecule has 160 valence electrons. The lowest BCUT2D eigenvalue weighted by Crippen LogP contribution is -2.53. The van der Waals surface area contributed by atoms with Crippen molar-refractivity contribution < 1.29 is 19.1 Å². The summed E-state index contributed by atoms with van der Waals surface area (Å²) in [5.41, 5.74) is 0.497. The fourth-order valence-electron chi connectivity index (χ4n) is 3.11. The van der Waals surface area contributed by atoms with Crippen molar-refractivity contribution in [2.75, 3.05) is 31.7 Å². The number of likely N-dealkylation sites (tertiary alicyclic amines) is 1. The second-order valence-electron chi connectivity index (χ2n) is 6.76. The quantitative estimate of drug-likeness (QED) is 0.590. The number of amides is 3. The fourth-order valence-corrected chi connectivity index (χ4v) is 4.05. The summed E-state index contributed by atoms with van der Waals surface area (Å²) in [7, 11) is 0. The second kappa shape index (κ2) is 12.1. The summed E-state index contributed by atoms with van der Waals surface area (Å²) >= 11 is 5.01. The molecule has 0 saturated carbocycles. The van der Waals surface area contributed by atoms with Crippen LogP contribution in [0.15, 0.2) is 28.7 Å². The van der Waals surface area contributed by atoms with Gasteiger partial charge in [0.25, 0.3) is 5.91 Å². The summed E-state index contributed by atoms with van der Waals surface area (Å²) in [6.07, 6.45) is 3.53. The molecule has 2 rings (SSSR count). The molecule has 1 fully saturated rings. The first kappa shape index (κ1) is 23.5. The molecule has 1 unspecified atom stereocenters. The van der Waals surface area contributed by atoms with Gasteiger partial charge in [0.05, 0.1) is 12.2 Å². The number of nitrogens with one attached hydrogen (secondary N) is 2. The number of carbonyl (C=O) groups is 3. The average molecular weight is 486 g/mol. The number of rotatable bonds is 8. The van der Waals surface area contributed by atoms with Crippen molar-refractivity contribution >= 4 is 45.6 Å². The predicted molar refractivity (Wildman–Crippen MR) is 118 cm³/mol. The molecule has 1 aromatic carbocycles. The molecule has 29 heavy (non-hydrogen) atoms. The lowest BCUT2D eigenvalue weighted by molar-refractivity contribution is -0.124. The normalized spacial score (nSPS) is 15.5. The maximum Gasteiger partial charge on any atom is 0.409 e. The van der Waals surface area contributed by atoms with Gasteiger partial charge in [-0.3, -0.25) is 9.59 Å².